The molecule has 172 valence electrons. The third kappa shape index (κ3) is 4.60. The van der Waals surface area contributed by atoms with Gasteiger partial charge in [0, 0.05) is 30.6 Å². The molecule has 2 saturated heterocycles. The van der Waals surface area contributed by atoms with Gasteiger partial charge in [0.1, 0.15) is 11.6 Å². The fourth-order valence-electron chi connectivity index (χ4n) is 4.05. The normalized spacial score (nSPS) is 21.5. The van der Waals surface area contributed by atoms with Crippen molar-refractivity contribution < 1.29 is 22.9 Å². The van der Waals surface area contributed by atoms with E-state index in [1.54, 1.807) is 4.90 Å². The number of rotatable bonds is 3. The van der Waals surface area contributed by atoms with Crippen LogP contribution in [-0.4, -0.2) is 30.8 Å². The van der Waals surface area contributed by atoms with Crippen LogP contribution in [0.25, 0.3) is 0 Å². The molecule has 1 atom stereocenters. The number of hydrogen-bond acceptors (Lipinski definition) is 3. The Bertz CT molecular complexity index is 972. The monoisotopic (exact) mass is 443 g/mol. The van der Waals surface area contributed by atoms with Gasteiger partial charge in [0.25, 0.3) is 0 Å². The number of carbonyl (C=O) groups excluding carboxylic acids is 1. The zero-order chi connectivity index (χ0) is 23.8. The highest BCUT2D eigenvalue weighted by molar-refractivity contribution is 6.62. The van der Waals surface area contributed by atoms with Crippen molar-refractivity contribution in [3.05, 3.63) is 59.2 Å². The van der Waals surface area contributed by atoms with Gasteiger partial charge >= 0.3 is 7.12 Å². The van der Waals surface area contributed by atoms with Gasteiger partial charge < -0.3 is 14.2 Å². The highest BCUT2D eigenvalue weighted by Gasteiger charge is 2.52. The fourth-order valence-corrected chi connectivity index (χ4v) is 4.05. The van der Waals surface area contributed by atoms with Crippen molar-refractivity contribution in [1.82, 2.24) is 0 Å². The summed E-state index contributed by atoms with van der Waals surface area (Å²) in [5.41, 5.74) is 2.29. The average molecular weight is 443 g/mol. The maximum atomic E-state index is 13.6. The molecule has 2 aromatic carbocycles. The van der Waals surface area contributed by atoms with Crippen LogP contribution < -0.4 is 10.4 Å². The van der Waals surface area contributed by atoms with Crippen molar-refractivity contribution in [2.45, 2.75) is 72.0 Å². The zero-order valence-corrected chi connectivity index (χ0v) is 20.0. The number of carbonyl (C=O) groups is 1. The van der Waals surface area contributed by atoms with Crippen molar-refractivity contribution in [1.29, 1.82) is 0 Å². The first-order valence-corrected chi connectivity index (χ1v) is 11.2. The van der Waals surface area contributed by atoms with E-state index in [4.69, 9.17) is 9.31 Å². The second-order valence-corrected chi connectivity index (χ2v) is 9.24. The van der Waals surface area contributed by atoms with Gasteiger partial charge in [-0.2, -0.15) is 0 Å². The van der Waals surface area contributed by atoms with E-state index in [1.165, 1.54) is 12.1 Å². The van der Waals surface area contributed by atoms with Crippen molar-refractivity contribution in [3.63, 3.8) is 0 Å². The van der Waals surface area contributed by atoms with E-state index in [1.807, 2.05) is 66.7 Å². The first-order chi connectivity index (χ1) is 15.0. The highest BCUT2D eigenvalue weighted by Crippen LogP contribution is 2.37. The van der Waals surface area contributed by atoms with Gasteiger partial charge in [-0.1, -0.05) is 19.9 Å². The molecule has 2 fully saturated rings. The SMILES string of the molecule is CC.Cc1cc(N2CC(c3cc(F)cc(F)c3)CC2=O)ccc1B1OC(C)(C)C(C)(C)O1. The molecule has 1 unspecified atom stereocenters. The first kappa shape index (κ1) is 24.4. The lowest BCUT2D eigenvalue weighted by atomic mass is 9.76. The summed E-state index contributed by atoms with van der Waals surface area (Å²) in [6.07, 6.45) is 0.223. The Morgan fingerprint density at radius 1 is 0.969 bits per heavy atom. The van der Waals surface area contributed by atoms with Gasteiger partial charge in [-0.15, -0.1) is 0 Å². The van der Waals surface area contributed by atoms with E-state index in [0.717, 1.165) is 22.8 Å². The molecule has 0 bridgehead atoms. The summed E-state index contributed by atoms with van der Waals surface area (Å²) < 4.78 is 39.5. The minimum Gasteiger partial charge on any atom is -0.399 e. The number of halogens is 2. The number of nitrogens with zero attached hydrogens (tertiary/aromatic N) is 1. The van der Waals surface area contributed by atoms with Crippen LogP contribution in [0, 0.1) is 18.6 Å². The minimum absolute atomic E-state index is 0.0625. The lowest BCUT2D eigenvalue weighted by Gasteiger charge is -2.32. The van der Waals surface area contributed by atoms with E-state index >= 15 is 0 Å². The number of anilines is 1. The Labute approximate surface area is 190 Å². The maximum Gasteiger partial charge on any atom is 0.495 e. The Balaban J connectivity index is 0.00000141. The van der Waals surface area contributed by atoms with Crippen molar-refractivity contribution in [3.8, 4) is 0 Å². The molecule has 2 aliphatic heterocycles. The van der Waals surface area contributed by atoms with Crippen LogP contribution in [-0.2, 0) is 14.1 Å². The van der Waals surface area contributed by atoms with Crippen molar-refractivity contribution in [2.75, 3.05) is 11.4 Å². The molecule has 4 nitrogen and oxygen atoms in total. The molecular formula is C25H32BF2NO3. The minimum atomic E-state index is -0.626. The lowest BCUT2D eigenvalue weighted by Crippen LogP contribution is -2.41. The predicted octanol–water partition coefficient (Wildman–Crippen LogP) is 5.12. The van der Waals surface area contributed by atoms with E-state index < -0.39 is 30.0 Å². The standard InChI is InChI=1S/C23H26BF2NO3.C2H6/c1-14-8-19(6-7-20(14)24-29-22(2,3)23(4,5)30-24)27-13-16(11-21(27)28)15-9-17(25)12-18(26)10-15;1-2/h6-10,12,16H,11,13H2,1-5H3;1-2H3. The third-order valence-corrected chi connectivity index (χ3v) is 6.55. The fraction of sp³-hybridized carbons (Fsp3) is 0.480. The molecule has 1 amide bonds. The van der Waals surface area contributed by atoms with Crippen LogP contribution in [0.1, 0.15) is 65.0 Å². The third-order valence-electron chi connectivity index (χ3n) is 6.55. The molecule has 7 heteroatoms. The van der Waals surface area contributed by atoms with Crippen LogP contribution in [0.5, 0.6) is 0 Å². The molecule has 4 rings (SSSR count). The quantitative estimate of drug-likeness (QED) is 0.619. The van der Waals surface area contributed by atoms with E-state index in [-0.39, 0.29) is 18.2 Å². The zero-order valence-electron chi connectivity index (χ0n) is 20.0. The van der Waals surface area contributed by atoms with Crippen LogP contribution >= 0.6 is 0 Å². The van der Waals surface area contributed by atoms with Gasteiger partial charge in [0.15, 0.2) is 0 Å². The molecule has 0 N–H and O–H groups in total. The molecule has 0 radical (unpaired) electrons. The van der Waals surface area contributed by atoms with Gasteiger partial charge in [0.05, 0.1) is 11.2 Å². The van der Waals surface area contributed by atoms with Gasteiger partial charge in [-0.3, -0.25) is 4.79 Å². The molecule has 0 saturated carbocycles. The number of benzene rings is 2. The molecule has 2 aromatic rings. The summed E-state index contributed by atoms with van der Waals surface area (Å²) in [5, 5.41) is 0. The Kier molecular flexibility index (Phi) is 6.82. The number of aryl methyl sites for hydroxylation is 1. The Morgan fingerprint density at radius 2 is 1.53 bits per heavy atom. The largest absolute Gasteiger partial charge is 0.495 e. The van der Waals surface area contributed by atoms with Crippen molar-refractivity contribution >= 4 is 24.2 Å². The first-order valence-electron chi connectivity index (χ1n) is 11.2. The van der Waals surface area contributed by atoms with E-state index in [9.17, 15) is 13.6 Å². The van der Waals surface area contributed by atoms with Crippen LogP contribution in [0.4, 0.5) is 14.5 Å². The van der Waals surface area contributed by atoms with Gasteiger partial charge in [-0.05, 0) is 75.5 Å². The Morgan fingerprint density at radius 3 is 2.06 bits per heavy atom. The van der Waals surface area contributed by atoms with Crippen LogP contribution in [0.3, 0.4) is 0 Å². The topological polar surface area (TPSA) is 38.8 Å². The second kappa shape index (κ2) is 8.95. The summed E-state index contributed by atoms with van der Waals surface area (Å²) in [5.74, 6) is -1.56. The summed E-state index contributed by atoms with van der Waals surface area (Å²) >= 11 is 0. The molecule has 2 heterocycles. The summed E-state index contributed by atoms with van der Waals surface area (Å²) in [4.78, 5) is 14.3. The molecule has 0 aliphatic carbocycles. The molecule has 0 aromatic heterocycles. The summed E-state index contributed by atoms with van der Waals surface area (Å²) in [6, 6.07) is 9.19. The maximum absolute atomic E-state index is 13.6. The predicted molar refractivity (Wildman–Crippen MR) is 124 cm³/mol. The van der Waals surface area contributed by atoms with Crippen LogP contribution in [0.15, 0.2) is 36.4 Å². The van der Waals surface area contributed by atoms with Crippen LogP contribution in [0.2, 0.25) is 0 Å². The smallest absolute Gasteiger partial charge is 0.399 e. The number of hydrogen-bond donors (Lipinski definition) is 0. The summed E-state index contributed by atoms with van der Waals surface area (Å²) in [6.45, 7) is 14.4. The summed E-state index contributed by atoms with van der Waals surface area (Å²) in [7, 11) is -0.471. The molecule has 32 heavy (non-hydrogen) atoms. The van der Waals surface area contributed by atoms with E-state index in [2.05, 4.69) is 0 Å². The average Bonchev–Trinajstić information content (AvgIpc) is 3.19. The highest BCUT2D eigenvalue weighted by atomic mass is 19.1. The van der Waals surface area contributed by atoms with E-state index in [0.29, 0.717) is 12.1 Å². The van der Waals surface area contributed by atoms with Crippen molar-refractivity contribution in [2.24, 2.45) is 0 Å². The second-order valence-electron chi connectivity index (χ2n) is 9.24. The lowest BCUT2D eigenvalue weighted by molar-refractivity contribution is -0.117. The van der Waals surface area contributed by atoms with Gasteiger partial charge in [0.2, 0.25) is 5.91 Å². The molecule has 0 spiro atoms. The molecular weight excluding hydrogens is 411 g/mol. The van der Waals surface area contributed by atoms with Gasteiger partial charge in [-0.25, -0.2) is 8.78 Å². The Hall–Kier alpha value is -2.25. The molecule has 2 aliphatic rings. The number of amides is 1.